The van der Waals surface area contributed by atoms with Crippen molar-refractivity contribution in [1.82, 2.24) is 24.3 Å². The quantitative estimate of drug-likeness (QED) is 0.289. The van der Waals surface area contributed by atoms with E-state index in [1.807, 2.05) is 24.1 Å². The third kappa shape index (κ3) is 4.19. The second-order valence-electron chi connectivity index (χ2n) is 9.61. The molecule has 0 radical (unpaired) electrons. The highest BCUT2D eigenvalue weighted by Crippen LogP contribution is 2.32. The summed E-state index contributed by atoms with van der Waals surface area (Å²) < 4.78 is 11.0. The summed E-state index contributed by atoms with van der Waals surface area (Å²) in [6.07, 6.45) is 3.83. The van der Waals surface area contributed by atoms with Gasteiger partial charge in [0.25, 0.3) is 0 Å². The number of nitrogens with zero attached hydrogens (tertiary/aromatic N) is 7. The lowest BCUT2D eigenvalue weighted by Gasteiger charge is -2.23. The monoisotopic (exact) mass is 477 g/mol. The van der Waals surface area contributed by atoms with Crippen molar-refractivity contribution in [2.75, 3.05) is 6.61 Å². The summed E-state index contributed by atoms with van der Waals surface area (Å²) in [6, 6.07) is 9.59. The maximum absolute atomic E-state index is 9.17. The molecule has 10 heteroatoms. The SMILES string of the molecule is Cn1c2c(c3sc(C#N)nc31)C=NN(Cc1cccc3c1cnn3COCC[Si](C)(C)C)C2. The molecule has 5 rings (SSSR count). The van der Waals surface area contributed by atoms with Crippen LogP contribution in [0.4, 0.5) is 0 Å². The summed E-state index contributed by atoms with van der Waals surface area (Å²) in [7, 11) is 0.906. The van der Waals surface area contributed by atoms with Gasteiger partial charge in [-0.2, -0.15) is 15.5 Å². The summed E-state index contributed by atoms with van der Waals surface area (Å²) in [5, 5.41) is 22.1. The molecule has 4 aromatic rings. The first kappa shape index (κ1) is 21.8. The number of aryl methyl sites for hydroxylation is 1. The lowest BCUT2D eigenvalue weighted by Crippen LogP contribution is -2.23. The molecule has 1 aliphatic heterocycles. The molecule has 1 aromatic carbocycles. The van der Waals surface area contributed by atoms with Gasteiger partial charge in [0, 0.05) is 32.7 Å². The van der Waals surface area contributed by atoms with Crippen LogP contribution in [0.15, 0.2) is 29.5 Å². The summed E-state index contributed by atoms with van der Waals surface area (Å²) in [6.45, 7) is 9.70. The summed E-state index contributed by atoms with van der Waals surface area (Å²) in [4.78, 5) is 4.45. The van der Waals surface area contributed by atoms with Gasteiger partial charge in [0.2, 0.25) is 0 Å². The van der Waals surface area contributed by atoms with E-state index in [2.05, 4.69) is 63.6 Å². The molecule has 0 unspecified atom stereocenters. The fourth-order valence-electron chi connectivity index (χ4n) is 4.11. The van der Waals surface area contributed by atoms with E-state index in [0.717, 1.165) is 39.5 Å². The number of ether oxygens (including phenoxy) is 1. The minimum absolute atomic E-state index is 0.473. The number of thiazole rings is 1. The molecule has 0 saturated carbocycles. The van der Waals surface area contributed by atoms with Gasteiger partial charge < -0.3 is 9.30 Å². The minimum atomic E-state index is -1.10. The van der Waals surface area contributed by atoms with Gasteiger partial charge in [-0.1, -0.05) is 31.8 Å². The molecule has 0 aliphatic carbocycles. The van der Waals surface area contributed by atoms with Gasteiger partial charge in [-0.15, -0.1) is 11.3 Å². The van der Waals surface area contributed by atoms with Crippen LogP contribution in [0.3, 0.4) is 0 Å². The molecule has 0 N–H and O–H groups in total. The molecule has 0 saturated heterocycles. The third-order valence-corrected chi connectivity index (χ3v) is 8.69. The first-order valence-corrected chi connectivity index (χ1v) is 15.5. The second-order valence-corrected chi connectivity index (χ2v) is 16.2. The topological polar surface area (TPSA) is 84.3 Å². The highest BCUT2D eigenvalue weighted by molar-refractivity contribution is 7.19. The number of fused-ring (bicyclic) bond motifs is 4. The molecule has 3 aromatic heterocycles. The van der Waals surface area contributed by atoms with Crippen LogP contribution >= 0.6 is 11.3 Å². The van der Waals surface area contributed by atoms with E-state index in [1.54, 1.807) is 0 Å². The van der Waals surface area contributed by atoms with Crippen molar-refractivity contribution in [3.8, 4) is 6.07 Å². The van der Waals surface area contributed by atoms with Gasteiger partial charge in [0.15, 0.2) is 10.7 Å². The lowest BCUT2D eigenvalue weighted by atomic mass is 10.1. The van der Waals surface area contributed by atoms with Gasteiger partial charge in [-0.3, -0.25) is 5.01 Å². The molecule has 0 bridgehead atoms. The Bertz CT molecular complexity index is 1400. The molecular weight excluding hydrogens is 450 g/mol. The predicted molar refractivity (Wildman–Crippen MR) is 134 cm³/mol. The fourth-order valence-corrected chi connectivity index (χ4v) is 5.79. The Morgan fingerprint density at radius 1 is 1.27 bits per heavy atom. The Balaban J connectivity index is 1.33. The molecule has 33 heavy (non-hydrogen) atoms. The van der Waals surface area contributed by atoms with E-state index < -0.39 is 8.07 Å². The van der Waals surface area contributed by atoms with Crippen LogP contribution in [0.25, 0.3) is 21.3 Å². The van der Waals surface area contributed by atoms with E-state index in [9.17, 15) is 5.26 Å². The Kier molecular flexibility index (Phi) is 5.56. The molecule has 170 valence electrons. The number of hydrazone groups is 1. The number of nitriles is 1. The Morgan fingerprint density at radius 3 is 2.91 bits per heavy atom. The number of hydrogen-bond donors (Lipinski definition) is 0. The number of hydrogen-bond acceptors (Lipinski definition) is 7. The van der Waals surface area contributed by atoms with Crippen molar-refractivity contribution < 1.29 is 4.74 Å². The van der Waals surface area contributed by atoms with E-state index in [0.29, 0.717) is 24.8 Å². The van der Waals surface area contributed by atoms with Gasteiger partial charge in [0.1, 0.15) is 12.8 Å². The maximum atomic E-state index is 9.17. The van der Waals surface area contributed by atoms with Crippen LogP contribution in [0.1, 0.15) is 21.8 Å². The van der Waals surface area contributed by atoms with Gasteiger partial charge >= 0.3 is 0 Å². The highest BCUT2D eigenvalue weighted by atomic mass is 32.1. The van der Waals surface area contributed by atoms with Crippen molar-refractivity contribution in [2.24, 2.45) is 12.1 Å². The highest BCUT2D eigenvalue weighted by Gasteiger charge is 2.23. The predicted octanol–water partition coefficient (Wildman–Crippen LogP) is 4.52. The average Bonchev–Trinajstić information content (AvgIpc) is 3.46. The van der Waals surface area contributed by atoms with Crippen LogP contribution in [0, 0.1) is 11.3 Å². The van der Waals surface area contributed by atoms with Crippen LogP contribution in [-0.2, 0) is 31.6 Å². The zero-order valence-electron chi connectivity index (χ0n) is 19.4. The smallest absolute Gasteiger partial charge is 0.196 e. The molecule has 0 atom stereocenters. The van der Waals surface area contributed by atoms with Gasteiger partial charge in [-0.05, 0) is 17.7 Å². The molecule has 4 heterocycles. The summed E-state index contributed by atoms with van der Waals surface area (Å²) >= 11 is 1.43. The number of aromatic nitrogens is 4. The van der Waals surface area contributed by atoms with Crippen molar-refractivity contribution in [3.05, 3.63) is 46.2 Å². The maximum Gasteiger partial charge on any atom is 0.196 e. The third-order valence-electron chi connectivity index (χ3n) is 6.01. The first-order chi connectivity index (χ1) is 15.8. The Labute approximate surface area is 197 Å². The van der Waals surface area contributed by atoms with Crippen molar-refractivity contribution >= 4 is 46.9 Å². The standard InChI is InChI=1S/C23H27N7OSSi/c1-28-20-14-29(25-12-18(20)22-23(28)27-21(10-24)32-22)13-16-6-5-7-19-17(16)11-26-30(19)15-31-8-9-33(2,3)4/h5-7,11-12H,8-9,13-15H2,1-4H3. The zero-order valence-corrected chi connectivity index (χ0v) is 21.2. The molecule has 0 fully saturated rings. The molecule has 1 aliphatic rings. The van der Waals surface area contributed by atoms with E-state index in [4.69, 9.17) is 9.84 Å². The zero-order chi connectivity index (χ0) is 23.2. The number of benzene rings is 1. The van der Waals surface area contributed by atoms with Crippen LogP contribution < -0.4 is 0 Å². The van der Waals surface area contributed by atoms with Crippen LogP contribution in [0.5, 0.6) is 0 Å². The molecular formula is C23H27N7OSSi. The van der Waals surface area contributed by atoms with Crippen molar-refractivity contribution in [3.63, 3.8) is 0 Å². The average molecular weight is 478 g/mol. The summed E-state index contributed by atoms with van der Waals surface area (Å²) in [5.74, 6) is 0. The minimum Gasteiger partial charge on any atom is -0.360 e. The Morgan fingerprint density at radius 2 is 2.12 bits per heavy atom. The van der Waals surface area contributed by atoms with Crippen LogP contribution in [-0.4, -0.2) is 45.2 Å². The van der Waals surface area contributed by atoms with Crippen LogP contribution in [0.2, 0.25) is 25.7 Å². The van der Waals surface area contributed by atoms with Gasteiger partial charge in [-0.25, -0.2) is 9.67 Å². The van der Waals surface area contributed by atoms with E-state index >= 15 is 0 Å². The van der Waals surface area contributed by atoms with Gasteiger partial charge in [0.05, 0.1) is 41.4 Å². The van der Waals surface area contributed by atoms with Crippen molar-refractivity contribution in [2.45, 2.75) is 45.5 Å². The van der Waals surface area contributed by atoms with E-state index in [1.165, 1.54) is 22.6 Å². The normalized spacial score (nSPS) is 13.7. The lowest BCUT2D eigenvalue weighted by molar-refractivity contribution is 0.0817. The molecule has 0 spiro atoms. The van der Waals surface area contributed by atoms with E-state index in [-0.39, 0.29) is 0 Å². The summed E-state index contributed by atoms with van der Waals surface area (Å²) in [5.41, 5.74) is 5.36. The van der Waals surface area contributed by atoms with Crippen molar-refractivity contribution in [1.29, 1.82) is 5.26 Å². The fraction of sp³-hybridized carbons (Fsp3) is 0.391. The number of rotatable bonds is 7. The Hall–Kier alpha value is -3.00. The second kappa shape index (κ2) is 8.41. The first-order valence-electron chi connectivity index (χ1n) is 11.0. The molecule has 0 amide bonds. The molecule has 8 nitrogen and oxygen atoms in total. The largest absolute Gasteiger partial charge is 0.360 e.